The highest BCUT2D eigenvalue weighted by Crippen LogP contribution is 2.24. The minimum absolute atomic E-state index is 0.0358. The predicted octanol–water partition coefficient (Wildman–Crippen LogP) is 3.64. The number of carbonyl (C=O) groups is 1. The number of carbonyl (C=O) groups excluding carboxylic acids is 1. The van der Waals surface area contributed by atoms with Crippen molar-refractivity contribution < 1.29 is 9.53 Å². The molecule has 4 nitrogen and oxygen atoms in total. The number of ether oxygens (including phenoxy) is 1. The predicted molar refractivity (Wildman–Crippen MR) is 101 cm³/mol. The summed E-state index contributed by atoms with van der Waals surface area (Å²) in [4.78, 5) is 14.5. The van der Waals surface area contributed by atoms with E-state index in [0.717, 1.165) is 37.4 Å². The summed E-state index contributed by atoms with van der Waals surface area (Å²) in [6.07, 6.45) is 1.98. The Kier molecular flexibility index (Phi) is 5.71. The molecule has 132 valence electrons. The average molecular weight is 338 g/mol. The number of benzene rings is 2. The fourth-order valence-electron chi connectivity index (χ4n) is 3.21. The van der Waals surface area contributed by atoms with Crippen LogP contribution in [0.4, 0.5) is 5.69 Å². The van der Waals surface area contributed by atoms with Crippen LogP contribution in [0.1, 0.15) is 30.5 Å². The summed E-state index contributed by atoms with van der Waals surface area (Å²) in [5.74, 6) is 0.942. The molecule has 1 amide bonds. The van der Waals surface area contributed by atoms with Crippen LogP contribution in [0, 0.1) is 0 Å². The number of hydrogen-bond donors (Lipinski definition) is 1. The highest BCUT2D eigenvalue weighted by atomic mass is 16.5. The summed E-state index contributed by atoms with van der Waals surface area (Å²) in [7, 11) is 0. The highest BCUT2D eigenvalue weighted by Gasteiger charge is 2.19. The first-order valence-electron chi connectivity index (χ1n) is 9.03. The van der Waals surface area contributed by atoms with Gasteiger partial charge in [0.2, 0.25) is 5.91 Å². The summed E-state index contributed by atoms with van der Waals surface area (Å²) in [5, 5.41) is 2.99. The Balaban J connectivity index is 1.58. The zero-order chi connectivity index (χ0) is 17.6. The number of fused-ring (bicyclic) bond motifs is 1. The van der Waals surface area contributed by atoms with Gasteiger partial charge in [0.05, 0.1) is 13.2 Å². The monoisotopic (exact) mass is 338 g/mol. The number of amides is 1. The van der Waals surface area contributed by atoms with Crippen LogP contribution in [0.5, 0.6) is 5.75 Å². The molecule has 0 spiro atoms. The van der Waals surface area contributed by atoms with Gasteiger partial charge in [-0.3, -0.25) is 9.69 Å². The van der Waals surface area contributed by atoms with Gasteiger partial charge in [0, 0.05) is 18.8 Å². The van der Waals surface area contributed by atoms with E-state index in [0.29, 0.717) is 13.2 Å². The molecule has 0 saturated heterocycles. The van der Waals surface area contributed by atoms with E-state index in [4.69, 9.17) is 4.74 Å². The molecular weight excluding hydrogens is 312 g/mol. The van der Waals surface area contributed by atoms with Crippen LogP contribution in [-0.2, 0) is 24.2 Å². The first-order chi connectivity index (χ1) is 12.2. The Bertz CT molecular complexity index is 725. The Morgan fingerprint density at radius 3 is 2.64 bits per heavy atom. The number of nitrogens with zero attached hydrogens (tertiary/aromatic N) is 1. The standard InChI is InChI=1S/C21H26N2O2/c1-3-16-5-8-19(9-6-16)22-21(24)15-23-12-11-17-7-10-20(25-4-2)13-18(17)14-23/h5-10,13H,3-4,11-12,14-15H2,1-2H3,(H,22,24). The van der Waals surface area contributed by atoms with Gasteiger partial charge in [0.15, 0.2) is 0 Å². The molecule has 1 heterocycles. The Morgan fingerprint density at radius 1 is 1.12 bits per heavy atom. The van der Waals surface area contributed by atoms with Gasteiger partial charge in [-0.1, -0.05) is 25.1 Å². The fraction of sp³-hybridized carbons (Fsp3) is 0.381. The highest BCUT2D eigenvalue weighted by molar-refractivity contribution is 5.92. The molecule has 0 aromatic heterocycles. The lowest BCUT2D eigenvalue weighted by molar-refractivity contribution is -0.117. The Hall–Kier alpha value is -2.33. The van der Waals surface area contributed by atoms with Crippen LogP contribution >= 0.6 is 0 Å². The van der Waals surface area contributed by atoms with Crippen molar-refractivity contribution in [2.45, 2.75) is 33.2 Å². The van der Waals surface area contributed by atoms with Crippen LogP contribution < -0.4 is 10.1 Å². The number of aryl methyl sites for hydroxylation is 1. The molecule has 4 heteroatoms. The Labute approximate surface area is 149 Å². The quantitative estimate of drug-likeness (QED) is 0.874. The third-order valence-corrected chi connectivity index (χ3v) is 4.59. The van der Waals surface area contributed by atoms with E-state index in [9.17, 15) is 4.79 Å². The smallest absolute Gasteiger partial charge is 0.238 e. The molecule has 0 aliphatic carbocycles. The summed E-state index contributed by atoms with van der Waals surface area (Å²) in [6.45, 7) is 6.89. The summed E-state index contributed by atoms with van der Waals surface area (Å²) < 4.78 is 5.59. The largest absolute Gasteiger partial charge is 0.494 e. The molecule has 25 heavy (non-hydrogen) atoms. The van der Waals surface area contributed by atoms with Gasteiger partial charge in [0.1, 0.15) is 5.75 Å². The van der Waals surface area contributed by atoms with Gasteiger partial charge in [-0.05, 0) is 60.7 Å². The molecule has 2 aromatic rings. The van der Waals surface area contributed by atoms with Crippen LogP contribution in [0.2, 0.25) is 0 Å². The average Bonchev–Trinajstić information content (AvgIpc) is 2.62. The second-order valence-electron chi connectivity index (χ2n) is 6.42. The van der Waals surface area contributed by atoms with E-state index in [1.165, 1.54) is 16.7 Å². The second-order valence-corrected chi connectivity index (χ2v) is 6.42. The van der Waals surface area contributed by atoms with Gasteiger partial charge < -0.3 is 10.1 Å². The van der Waals surface area contributed by atoms with Crippen molar-refractivity contribution >= 4 is 11.6 Å². The third-order valence-electron chi connectivity index (χ3n) is 4.59. The molecule has 0 unspecified atom stereocenters. The van der Waals surface area contributed by atoms with E-state index in [1.54, 1.807) is 0 Å². The maximum Gasteiger partial charge on any atom is 0.238 e. The van der Waals surface area contributed by atoms with E-state index >= 15 is 0 Å². The maximum absolute atomic E-state index is 12.3. The van der Waals surface area contributed by atoms with Crippen molar-refractivity contribution in [3.05, 3.63) is 59.2 Å². The van der Waals surface area contributed by atoms with Crippen LogP contribution in [0.3, 0.4) is 0 Å². The lowest BCUT2D eigenvalue weighted by Crippen LogP contribution is -2.37. The van der Waals surface area contributed by atoms with Gasteiger partial charge in [-0.15, -0.1) is 0 Å². The van der Waals surface area contributed by atoms with Crippen molar-refractivity contribution in [1.82, 2.24) is 4.90 Å². The third kappa shape index (κ3) is 4.60. The SMILES string of the molecule is CCOc1ccc2c(c1)CN(CC(=O)Nc1ccc(CC)cc1)CC2. The van der Waals surface area contributed by atoms with Gasteiger partial charge in [0.25, 0.3) is 0 Å². The summed E-state index contributed by atoms with van der Waals surface area (Å²) in [6, 6.07) is 14.3. The molecule has 2 aromatic carbocycles. The maximum atomic E-state index is 12.3. The zero-order valence-corrected chi connectivity index (χ0v) is 15.0. The van der Waals surface area contributed by atoms with Crippen molar-refractivity contribution in [3.63, 3.8) is 0 Å². The minimum atomic E-state index is 0.0358. The number of rotatable bonds is 6. The van der Waals surface area contributed by atoms with Gasteiger partial charge in [-0.25, -0.2) is 0 Å². The second kappa shape index (κ2) is 8.17. The van der Waals surface area contributed by atoms with E-state index in [-0.39, 0.29) is 5.91 Å². The fourth-order valence-corrected chi connectivity index (χ4v) is 3.21. The van der Waals surface area contributed by atoms with Gasteiger partial charge >= 0.3 is 0 Å². The molecule has 0 fully saturated rings. The number of nitrogens with one attached hydrogen (secondary N) is 1. The molecule has 0 atom stereocenters. The van der Waals surface area contributed by atoms with E-state index in [2.05, 4.69) is 41.4 Å². The molecule has 0 bridgehead atoms. The van der Waals surface area contributed by atoms with Gasteiger partial charge in [-0.2, -0.15) is 0 Å². The number of hydrogen-bond acceptors (Lipinski definition) is 3. The van der Waals surface area contributed by atoms with Crippen LogP contribution in [-0.4, -0.2) is 30.5 Å². The zero-order valence-electron chi connectivity index (χ0n) is 15.0. The summed E-state index contributed by atoms with van der Waals surface area (Å²) in [5.41, 5.74) is 4.75. The van der Waals surface area contributed by atoms with Crippen molar-refractivity contribution in [3.8, 4) is 5.75 Å². The van der Waals surface area contributed by atoms with Crippen LogP contribution in [0.15, 0.2) is 42.5 Å². The van der Waals surface area contributed by atoms with E-state index in [1.807, 2.05) is 25.1 Å². The molecule has 0 saturated carbocycles. The molecule has 1 aliphatic rings. The molecule has 3 rings (SSSR count). The molecule has 1 N–H and O–H groups in total. The molecule has 0 radical (unpaired) electrons. The molecule has 1 aliphatic heterocycles. The topological polar surface area (TPSA) is 41.6 Å². The number of anilines is 1. The van der Waals surface area contributed by atoms with Crippen LogP contribution in [0.25, 0.3) is 0 Å². The van der Waals surface area contributed by atoms with Crippen molar-refractivity contribution in [2.75, 3.05) is 25.0 Å². The normalized spacial score (nSPS) is 14.0. The first-order valence-corrected chi connectivity index (χ1v) is 9.03. The lowest BCUT2D eigenvalue weighted by Gasteiger charge is -2.28. The summed E-state index contributed by atoms with van der Waals surface area (Å²) >= 11 is 0. The molecular formula is C21H26N2O2. The van der Waals surface area contributed by atoms with Crippen molar-refractivity contribution in [2.24, 2.45) is 0 Å². The Morgan fingerprint density at radius 2 is 1.92 bits per heavy atom. The lowest BCUT2D eigenvalue weighted by atomic mass is 9.99. The van der Waals surface area contributed by atoms with E-state index < -0.39 is 0 Å². The first kappa shape index (κ1) is 17.5. The van der Waals surface area contributed by atoms with Crippen molar-refractivity contribution in [1.29, 1.82) is 0 Å². The minimum Gasteiger partial charge on any atom is -0.494 e.